The monoisotopic (exact) mass is 194 g/mol. The van der Waals surface area contributed by atoms with E-state index < -0.39 is 0 Å². The molecule has 1 spiro atoms. The molecule has 78 valence electrons. The minimum atomic E-state index is -0.127. The normalized spacial score (nSPS) is 41.9. The maximum Gasteiger partial charge on any atom is 0.244 e. The van der Waals surface area contributed by atoms with Crippen LogP contribution in [0.4, 0.5) is 0 Å². The quantitative estimate of drug-likeness (QED) is 0.678. The molecule has 0 bridgehead atoms. The molecule has 3 aliphatic rings. The van der Waals surface area contributed by atoms with Crippen molar-refractivity contribution in [3.05, 3.63) is 0 Å². The zero-order valence-corrected chi connectivity index (χ0v) is 9.13. The summed E-state index contributed by atoms with van der Waals surface area (Å²) in [5, 5.41) is 3.44. The van der Waals surface area contributed by atoms with E-state index >= 15 is 0 Å². The van der Waals surface area contributed by atoms with Gasteiger partial charge >= 0.3 is 0 Å². The fourth-order valence-electron chi connectivity index (χ4n) is 2.76. The van der Waals surface area contributed by atoms with E-state index in [1.807, 2.05) is 0 Å². The van der Waals surface area contributed by atoms with Crippen molar-refractivity contribution in [3.63, 3.8) is 0 Å². The van der Waals surface area contributed by atoms with E-state index in [1.54, 1.807) is 0 Å². The molecule has 14 heavy (non-hydrogen) atoms. The Labute approximate surface area is 84.8 Å². The Bertz CT molecular complexity index is 306. The molecule has 0 aromatic rings. The maximum atomic E-state index is 12.1. The average Bonchev–Trinajstić information content (AvgIpc) is 2.91. The summed E-state index contributed by atoms with van der Waals surface area (Å²) in [6.45, 7) is 6.60. The average molecular weight is 194 g/mol. The smallest absolute Gasteiger partial charge is 0.244 e. The number of carbonyl (C=O) groups is 1. The van der Waals surface area contributed by atoms with Crippen LogP contribution in [0.2, 0.25) is 0 Å². The SMILES string of the molecule is CC1NC2(CC2)C(=O)N1C1CC1(C)C. The lowest BCUT2D eigenvalue weighted by Crippen LogP contribution is -2.38. The van der Waals surface area contributed by atoms with Gasteiger partial charge in [-0.1, -0.05) is 13.8 Å². The third-order valence-corrected chi connectivity index (χ3v) is 4.09. The summed E-state index contributed by atoms with van der Waals surface area (Å²) in [5.74, 6) is 0.362. The van der Waals surface area contributed by atoms with Gasteiger partial charge in [-0.05, 0) is 31.6 Å². The minimum absolute atomic E-state index is 0.127. The van der Waals surface area contributed by atoms with Gasteiger partial charge in [0, 0.05) is 6.04 Å². The summed E-state index contributed by atoms with van der Waals surface area (Å²) >= 11 is 0. The van der Waals surface area contributed by atoms with E-state index in [-0.39, 0.29) is 11.7 Å². The second kappa shape index (κ2) is 2.16. The number of nitrogens with one attached hydrogen (secondary N) is 1. The number of rotatable bonds is 1. The highest BCUT2D eigenvalue weighted by Gasteiger charge is 2.63. The zero-order valence-electron chi connectivity index (χ0n) is 9.13. The van der Waals surface area contributed by atoms with Crippen molar-refractivity contribution in [2.24, 2.45) is 5.41 Å². The molecule has 2 unspecified atom stereocenters. The van der Waals surface area contributed by atoms with Crippen LogP contribution in [0.5, 0.6) is 0 Å². The van der Waals surface area contributed by atoms with Crippen LogP contribution in [0.25, 0.3) is 0 Å². The van der Waals surface area contributed by atoms with Gasteiger partial charge in [0.05, 0.1) is 11.7 Å². The molecule has 3 fully saturated rings. The predicted molar refractivity (Wildman–Crippen MR) is 53.6 cm³/mol. The van der Waals surface area contributed by atoms with Crippen molar-refractivity contribution < 1.29 is 4.79 Å². The summed E-state index contributed by atoms with van der Waals surface area (Å²) in [6.07, 6.45) is 3.50. The van der Waals surface area contributed by atoms with Crippen LogP contribution in [0.15, 0.2) is 0 Å². The first-order valence-corrected chi connectivity index (χ1v) is 5.57. The molecule has 1 saturated heterocycles. The van der Waals surface area contributed by atoms with Gasteiger partial charge in [0.1, 0.15) is 0 Å². The lowest BCUT2D eigenvalue weighted by Gasteiger charge is -2.22. The molecule has 1 N–H and O–H groups in total. The van der Waals surface area contributed by atoms with Crippen molar-refractivity contribution in [2.75, 3.05) is 0 Å². The van der Waals surface area contributed by atoms with Gasteiger partial charge in [-0.3, -0.25) is 10.1 Å². The molecule has 1 amide bonds. The van der Waals surface area contributed by atoms with Crippen LogP contribution in [0, 0.1) is 5.41 Å². The number of nitrogens with zero attached hydrogens (tertiary/aromatic N) is 1. The maximum absolute atomic E-state index is 12.1. The molecule has 1 aliphatic heterocycles. The van der Waals surface area contributed by atoms with Gasteiger partial charge in [0.15, 0.2) is 0 Å². The van der Waals surface area contributed by atoms with E-state index in [0.717, 1.165) is 12.8 Å². The van der Waals surface area contributed by atoms with Crippen LogP contribution in [0.1, 0.15) is 40.0 Å². The van der Waals surface area contributed by atoms with Crippen molar-refractivity contribution in [1.82, 2.24) is 10.2 Å². The Morgan fingerprint density at radius 1 is 1.43 bits per heavy atom. The van der Waals surface area contributed by atoms with E-state index in [2.05, 4.69) is 31.0 Å². The second-order valence-electron chi connectivity index (χ2n) is 5.82. The van der Waals surface area contributed by atoms with Gasteiger partial charge in [-0.15, -0.1) is 0 Å². The molecule has 0 radical (unpaired) electrons. The largest absolute Gasteiger partial charge is 0.322 e. The first kappa shape index (κ1) is 8.72. The van der Waals surface area contributed by atoms with Gasteiger partial charge < -0.3 is 4.90 Å². The first-order chi connectivity index (χ1) is 6.46. The van der Waals surface area contributed by atoms with Crippen LogP contribution >= 0.6 is 0 Å². The molecular weight excluding hydrogens is 176 g/mol. The van der Waals surface area contributed by atoms with E-state index in [0.29, 0.717) is 17.4 Å². The minimum Gasteiger partial charge on any atom is -0.322 e. The standard InChI is InChI=1S/C11H18N2O/c1-7-12-11(4-5-11)9(14)13(7)8-6-10(8,2)3/h7-8,12H,4-6H2,1-3H3. The summed E-state index contributed by atoms with van der Waals surface area (Å²) in [7, 11) is 0. The topological polar surface area (TPSA) is 32.3 Å². The molecule has 3 heteroatoms. The highest BCUT2D eigenvalue weighted by Crippen LogP contribution is 2.53. The van der Waals surface area contributed by atoms with Crippen molar-refractivity contribution >= 4 is 5.91 Å². The molecular formula is C11H18N2O. The van der Waals surface area contributed by atoms with E-state index in [9.17, 15) is 4.79 Å². The third-order valence-electron chi connectivity index (χ3n) is 4.09. The molecule has 2 atom stereocenters. The molecule has 3 nitrogen and oxygen atoms in total. The predicted octanol–water partition coefficient (Wildman–Crippen LogP) is 1.10. The molecule has 2 saturated carbocycles. The Kier molecular flexibility index (Phi) is 1.34. The Hall–Kier alpha value is -0.570. The van der Waals surface area contributed by atoms with Crippen LogP contribution in [-0.2, 0) is 4.79 Å². The summed E-state index contributed by atoms with van der Waals surface area (Å²) < 4.78 is 0. The Balaban J connectivity index is 1.84. The Morgan fingerprint density at radius 2 is 2.00 bits per heavy atom. The summed E-state index contributed by atoms with van der Waals surface area (Å²) in [5.41, 5.74) is 0.226. The number of hydrogen-bond acceptors (Lipinski definition) is 2. The first-order valence-electron chi connectivity index (χ1n) is 5.57. The fraction of sp³-hybridized carbons (Fsp3) is 0.909. The van der Waals surface area contributed by atoms with Gasteiger partial charge in [-0.25, -0.2) is 0 Å². The van der Waals surface area contributed by atoms with Gasteiger partial charge in [0.2, 0.25) is 5.91 Å². The van der Waals surface area contributed by atoms with Gasteiger partial charge in [-0.2, -0.15) is 0 Å². The molecule has 3 rings (SSSR count). The van der Waals surface area contributed by atoms with Crippen LogP contribution in [-0.4, -0.2) is 28.6 Å². The number of hydrogen-bond donors (Lipinski definition) is 1. The lowest BCUT2D eigenvalue weighted by atomic mass is 10.1. The number of amides is 1. The molecule has 0 aromatic heterocycles. The highest BCUT2D eigenvalue weighted by molar-refractivity contribution is 5.92. The molecule has 0 aromatic carbocycles. The summed E-state index contributed by atoms with van der Waals surface area (Å²) in [6, 6.07) is 0.484. The van der Waals surface area contributed by atoms with Gasteiger partial charge in [0.25, 0.3) is 0 Å². The molecule has 2 aliphatic carbocycles. The van der Waals surface area contributed by atoms with Crippen molar-refractivity contribution in [3.8, 4) is 0 Å². The lowest BCUT2D eigenvalue weighted by molar-refractivity contribution is -0.131. The van der Waals surface area contributed by atoms with E-state index in [1.165, 1.54) is 6.42 Å². The van der Waals surface area contributed by atoms with Crippen molar-refractivity contribution in [2.45, 2.75) is 57.8 Å². The van der Waals surface area contributed by atoms with Crippen LogP contribution in [0.3, 0.4) is 0 Å². The second-order valence-corrected chi connectivity index (χ2v) is 5.82. The highest BCUT2D eigenvalue weighted by atomic mass is 16.2. The van der Waals surface area contributed by atoms with E-state index in [4.69, 9.17) is 0 Å². The Morgan fingerprint density at radius 3 is 2.36 bits per heavy atom. The summed E-state index contributed by atoms with van der Waals surface area (Å²) in [4.78, 5) is 14.2. The van der Waals surface area contributed by atoms with Crippen molar-refractivity contribution in [1.29, 1.82) is 0 Å². The number of carbonyl (C=O) groups excluding carboxylic acids is 1. The van der Waals surface area contributed by atoms with Crippen LogP contribution < -0.4 is 5.32 Å². The zero-order chi connectivity index (χ0) is 10.1. The fourth-order valence-corrected chi connectivity index (χ4v) is 2.76. The third kappa shape index (κ3) is 0.937. The molecule has 1 heterocycles.